The molecule has 0 spiro atoms. The van der Waals surface area contributed by atoms with Crippen LogP contribution < -0.4 is 5.73 Å². The van der Waals surface area contributed by atoms with Crippen LogP contribution in [0.1, 0.15) is 60.8 Å². The fraction of sp³-hybridized carbons (Fsp3) is 0.643. The van der Waals surface area contributed by atoms with Crippen LogP contribution in [0.15, 0.2) is 0 Å². The van der Waals surface area contributed by atoms with E-state index in [2.05, 4.69) is 13.8 Å². The van der Waals surface area contributed by atoms with Gasteiger partial charge in [0.15, 0.2) is 0 Å². The number of anilines is 1. The highest BCUT2D eigenvalue weighted by Gasteiger charge is 2.32. The highest BCUT2D eigenvalue weighted by atomic mass is 32.1. The Morgan fingerprint density at radius 2 is 2.11 bits per heavy atom. The highest BCUT2D eigenvalue weighted by molar-refractivity contribution is 7.16. The van der Waals surface area contributed by atoms with Gasteiger partial charge in [-0.1, -0.05) is 13.8 Å². The molecule has 3 nitrogen and oxygen atoms in total. The lowest BCUT2D eigenvalue weighted by Gasteiger charge is -2.26. The molecule has 0 fully saturated rings. The minimum atomic E-state index is -0.263. The summed E-state index contributed by atoms with van der Waals surface area (Å²) >= 11 is 1.55. The molecule has 2 unspecified atom stereocenters. The van der Waals surface area contributed by atoms with E-state index in [4.69, 9.17) is 10.5 Å². The number of hydrogen-bond donors (Lipinski definition) is 1. The molecule has 0 saturated carbocycles. The second-order valence-corrected chi connectivity index (χ2v) is 6.57. The molecule has 0 aromatic carbocycles. The van der Waals surface area contributed by atoms with Crippen LogP contribution in [0.25, 0.3) is 0 Å². The monoisotopic (exact) mass is 267 g/mol. The Labute approximate surface area is 112 Å². The van der Waals surface area contributed by atoms with E-state index >= 15 is 0 Å². The SMILES string of the molecule is CC(C)OC(=O)c1c(N)sc2c1C(C)C(C)CC2. The number of rotatable bonds is 2. The molecule has 2 atom stereocenters. The van der Waals surface area contributed by atoms with Gasteiger partial charge in [0.25, 0.3) is 0 Å². The molecule has 0 radical (unpaired) electrons. The van der Waals surface area contributed by atoms with Gasteiger partial charge < -0.3 is 10.5 Å². The van der Waals surface area contributed by atoms with Crippen LogP contribution in [0.4, 0.5) is 5.00 Å². The van der Waals surface area contributed by atoms with E-state index in [1.54, 1.807) is 11.3 Å². The summed E-state index contributed by atoms with van der Waals surface area (Å²) in [6, 6.07) is 0. The molecule has 1 aliphatic rings. The molecule has 1 aromatic heterocycles. The molecular formula is C14H21NO2S. The van der Waals surface area contributed by atoms with E-state index in [9.17, 15) is 4.79 Å². The predicted molar refractivity (Wildman–Crippen MR) is 75.2 cm³/mol. The van der Waals surface area contributed by atoms with E-state index < -0.39 is 0 Å². The highest BCUT2D eigenvalue weighted by Crippen LogP contribution is 2.44. The van der Waals surface area contributed by atoms with Crippen molar-refractivity contribution in [1.82, 2.24) is 0 Å². The van der Waals surface area contributed by atoms with Gasteiger partial charge >= 0.3 is 5.97 Å². The summed E-state index contributed by atoms with van der Waals surface area (Å²) in [5, 5.41) is 0.617. The third kappa shape index (κ3) is 2.26. The fourth-order valence-corrected chi connectivity index (χ4v) is 3.73. The Bertz CT molecular complexity index is 465. The number of thiophene rings is 1. The maximum absolute atomic E-state index is 12.2. The molecule has 2 N–H and O–H groups in total. The molecule has 18 heavy (non-hydrogen) atoms. The first-order valence-corrected chi connectivity index (χ1v) is 7.35. The average molecular weight is 267 g/mol. The molecule has 1 aliphatic carbocycles. The van der Waals surface area contributed by atoms with Gasteiger partial charge in [0.1, 0.15) is 5.00 Å². The zero-order chi connectivity index (χ0) is 13.4. The van der Waals surface area contributed by atoms with Crippen LogP contribution in [0.5, 0.6) is 0 Å². The van der Waals surface area contributed by atoms with Gasteiger partial charge in [-0.15, -0.1) is 11.3 Å². The van der Waals surface area contributed by atoms with Gasteiger partial charge in [-0.05, 0) is 44.1 Å². The number of esters is 1. The molecule has 1 heterocycles. The van der Waals surface area contributed by atoms with Crippen molar-refractivity contribution in [3.05, 3.63) is 16.0 Å². The summed E-state index contributed by atoms with van der Waals surface area (Å²) in [5.41, 5.74) is 7.79. The van der Waals surface area contributed by atoms with Crippen molar-refractivity contribution in [3.63, 3.8) is 0 Å². The molecule has 0 amide bonds. The lowest BCUT2D eigenvalue weighted by Crippen LogP contribution is -2.19. The summed E-state index contributed by atoms with van der Waals surface area (Å²) in [4.78, 5) is 13.4. The maximum atomic E-state index is 12.2. The second-order valence-electron chi connectivity index (χ2n) is 5.44. The topological polar surface area (TPSA) is 52.3 Å². The lowest BCUT2D eigenvalue weighted by molar-refractivity contribution is 0.0377. The first-order chi connectivity index (χ1) is 8.41. The molecule has 0 bridgehead atoms. The Balaban J connectivity index is 2.42. The Kier molecular flexibility index (Phi) is 3.66. The molecular weight excluding hydrogens is 246 g/mol. The van der Waals surface area contributed by atoms with E-state index in [-0.39, 0.29) is 12.1 Å². The summed E-state index contributed by atoms with van der Waals surface area (Å²) < 4.78 is 5.31. The predicted octanol–water partition coefficient (Wildman–Crippen LogP) is 3.58. The largest absolute Gasteiger partial charge is 0.459 e. The van der Waals surface area contributed by atoms with Gasteiger partial charge in [0, 0.05) is 4.88 Å². The van der Waals surface area contributed by atoms with Crippen molar-refractivity contribution in [1.29, 1.82) is 0 Å². The van der Waals surface area contributed by atoms with Crippen LogP contribution in [-0.2, 0) is 11.2 Å². The van der Waals surface area contributed by atoms with Crippen molar-refractivity contribution in [2.24, 2.45) is 5.92 Å². The van der Waals surface area contributed by atoms with E-state index in [1.165, 1.54) is 11.3 Å². The number of fused-ring (bicyclic) bond motifs is 1. The second kappa shape index (κ2) is 4.92. The minimum Gasteiger partial charge on any atom is -0.459 e. The summed E-state index contributed by atoms with van der Waals surface area (Å²) in [6.07, 6.45) is 2.10. The first kappa shape index (κ1) is 13.4. The summed E-state index contributed by atoms with van der Waals surface area (Å²) in [7, 11) is 0. The quantitative estimate of drug-likeness (QED) is 0.833. The smallest absolute Gasteiger partial charge is 0.341 e. The van der Waals surface area contributed by atoms with E-state index in [1.807, 2.05) is 13.8 Å². The third-order valence-corrected chi connectivity index (χ3v) is 4.83. The van der Waals surface area contributed by atoms with Gasteiger partial charge in [-0.25, -0.2) is 4.79 Å². The van der Waals surface area contributed by atoms with Crippen molar-refractivity contribution in [2.75, 3.05) is 5.73 Å². The molecule has 4 heteroatoms. The number of hydrogen-bond acceptors (Lipinski definition) is 4. The van der Waals surface area contributed by atoms with Gasteiger partial charge in [-0.3, -0.25) is 0 Å². The maximum Gasteiger partial charge on any atom is 0.341 e. The number of ether oxygens (including phenoxy) is 1. The summed E-state index contributed by atoms with van der Waals surface area (Å²) in [6.45, 7) is 8.14. The zero-order valence-corrected chi connectivity index (χ0v) is 12.3. The van der Waals surface area contributed by atoms with Crippen LogP contribution in [0.3, 0.4) is 0 Å². The molecule has 0 aliphatic heterocycles. The van der Waals surface area contributed by atoms with Gasteiger partial charge in [0.2, 0.25) is 0 Å². The number of carbonyl (C=O) groups is 1. The lowest BCUT2D eigenvalue weighted by atomic mass is 9.79. The van der Waals surface area contributed by atoms with Gasteiger partial charge in [0.05, 0.1) is 11.7 Å². The van der Waals surface area contributed by atoms with E-state index in [0.717, 1.165) is 12.0 Å². The average Bonchev–Trinajstić information content (AvgIpc) is 2.60. The Morgan fingerprint density at radius 3 is 2.72 bits per heavy atom. The normalized spacial score (nSPS) is 22.9. The standard InChI is InChI=1S/C14H21NO2S/c1-7(2)17-14(16)12-11-9(4)8(3)5-6-10(11)18-13(12)15/h7-9H,5-6,15H2,1-4H3. The Hall–Kier alpha value is -1.03. The molecule has 100 valence electrons. The molecule has 1 aromatic rings. The van der Waals surface area contributed by atoms with Crippen LogP contribution in [0.2, 0.25) is 0 Å². The molecule has 0 saturated heterocycles. The van der Waals surface area contributed by atoms with Crippen LogP contribution in [0, 0.1) is 5.92 Å². The number of aryl methyl sites for hydroxylation is 1. The van der Waals surface area contributed by atoms with E-state index in [0.29, 0.717) is 22.4 Å². The van der Waals surface area contributed by atoms with Crippen molar-refractivity contribution >= 4 is 22.3 Å². The molecule has 2 rings (SSSR count). The first-order valence-electron chi connectivity index (χ1n) is 6.53. The Morgan fingerprint density at radius 1 is 1.44 bits per heavy atom. The van der Waals surface area contributed by atoms with Crippen molar-refractivity contribution < 1.29 is 9.53 Å². The number of nitrogen functional groups attached to an aromatic ring is 1. The van der Waals surface area contributed by atoms with Gasteiger partial charge in [-0.2, -0.15) is 0 Å². The fourth-order valence-electron chi connectivity index (χ4n) is 2.56. The van der Waals surface area contributed by atoms with Crippen LogP contribution in [-0.4, -0.2) is 12.1 Å². The van der Waals surface area contributed by atoms with Crippen LogP contribution >= 0.6 is 11.3 Å². The third-order valence-electron chi connectivity index (χ3n) is 3.73. The number of carbonyl (C=O) groups excluding carboxylic acids is 1. The number of nitrogens with two attached hydrogens (primary N) is 1. The summed E-state index contributed by atoms with van der Waals surface area (Å²) in [5.74, 6) is 0.718. The van der Waals surface area contributed by atoms with Crippen molar-refractivity contribution in [2.45, 2.75) is 52.6 Å². The zero-order valence-electron chi connectivity index (χ0n) is 11.4. The minimum absolute atomic E-state index is 0.108. The van der Waals surface area contributed by atoms with Crippen molar-refractivity contribution in [3.8, 4) is 0 Å².